The number of aromatic nitrogens is 2. The van der Waals surface area contributed by atoms with E-state index in [-0.39, 0.29) is 17.6 Å². The van der Waals surface area contributed by atoms with E-state index >= 15 is 0 Å². The number of aryl methyl sites for hydroxylation is 1. The molecule has 18 heteroatoms. The van der Waals surface area contributed by atoms with Gasteiger partial charge in [0.25, 0.3) is 11.8 Å². The van der Waals surface area contributed by atoms with Crippen LogP contribution in [0, 0.1) is 0 Å². The molecule has 1 aromatic heterocycles. The Balaban J connectivity index is 0.825. The van der Waals surface area contributed by atoms with E-state index in [2.05, 4.69) is 41.0 Å². The number of nitrogens with zero attached hydrogens (tertiary/aromatic N) is 6. The Morgan fingerprint density at radius 2 is 1.77 bits per heavy atom. The summed E-state index contributed by atoms with van der Waals surface area (Å²) in [6.45, 7) is 9.38. The molecule has 5 aliphatic rings. The molecule has 3 aromatic rings. The molecule has 2 aromatic carbocycles. The number of fused-ring (bicyclic) bond motifs is 1. The monoisotopic (exact) mass is 843 g/mol. The van der Waals surface area contributed by atoms with Crippen LogP contribution in [0.15, 0.2) is 36.4 Å². The highest BCUT2D eigenvalue weighted by Gasteiger charge is 2.40. The summed E-state index contributed by atoms with van der Waals surface area (Å²) >= 11 is 0. The predicted molar refractivity (Wildman–Crippen MR) is 231 cm³/mol. The van der Waals surface area contributed by atoms with E-state index in [1.807, 2.05) is 43.3 Å². The molecule has 6 heterocycles. The van der Waals surface area contributed by atoms with Crippen LogP contribution in [0.4, 0.5) is 28.7 Å². The van der Waals surface area contributed by atoms with Crippen LogP contribution in [0.3, 0.4) is 0 Å². The number of piperidine rings is 2. The number of aliphatic hydroxyl groups is 3. The number of primary amides is 1. The van der Waals surface area contributed by atoms with Crippen LogP contribution in [0.1, 0.15) is 77.6 Å². The summed E-state index contributed by atoms with van der Waals surface area (Å²) in [5.74, 6) is 0.812. The topological polar surface area (TPSA) is 226 Å². The second-order valence-corrected chi connectivity index (χ2v) is 16.7. The van der Waals surface area contributed by atoms with E-state index < -0.39 is 30.6 Å². The lowest BCUT2D eigenvalue weighted by molar-refractivity contribution is -0.0477. The molecule has 4 fully saturated rings. The highest BCUT2D eigenvalue weighted by atomic mass is 16.5. The lowest BCUT2D eigenvalue weighted by Gasteiger charge is -2.43. The van der Waals surface area contributed by atoms with E-state index in [1.165, 1.54) is 0 Å². The Morgan fingerprint density at radius 1 is 1.00 bits per heavy atom. The van der Waals surface area contributed by atoms with Gasteiger partial charge in [-0.25, -0.2) is 9.97 Å². The average molecular weight is 844 g/mol. The van der Waals surface area contributed by atoms with Crippen LogP contribution in [-0.2, 0) is 17.7 Å². The molecule has 0 aliphatic carbocycles. The molecule has 2 amide bonds. The van der Waals surface area contributed by atoms with E-state index in [1.54, 1.807) is 12.0 Å². The fourth-order valence-electron chi connectivity index (χ4n) is 9.51. The van der Waals surface area contributed by atoms with Crippen LogP contribution < -0.4 is 36.6 Å². The van der Waals surface area contributed by atoms with Crippen molar-refractivity contribution in [3.8, 4) is 5.75 Å². The zero-order valence-corrected chi connectivity index (χ0v) is 35.2. The van der Waals surface area contributed by atoms with Crippen molar-refractivity contribution in [1.82, 2.24) is 30.0 Å². The maximum absolute atomic E-state index is 13.6. The van der Waals surface area contributed by atoms with Gasteiger partial charge in [-0.05, 0) is 68.7 Å². The third-order valence-electron chi connectivity index (χ3n) is 12.9. The van der Waals surface area contributed by atoms with Crippen molar-refractivity contribution >= 4 is 40.5 Å². The number of hydrogen-bond acceptors (Lipinski definition) is 16. The van der Waals surface area contributed by atoms with Gasteiger partial charge >= 0.3 is 0 Å². The number of piperazine rings is 1. The van der Waals surface area contributed by atoms with E-state index in [4.69, 9.17) is 20.2 Å². The van der Waals surface area contributed by atoms with Gasteiger partial charge in [0.15, 0.2) is 17.3 Å². The van der Waals surface area contributed by atoms with Gasteiger partial charge in [-0.15, -0.1) is 0 Å². The first-order valence-corrected chi connectivity index (χ1v) is 21.8. The summed E-state index contributed by atoms with van der Waals surface area (Å²) in [5.41, 5.74) is 10.2. The van der Waals surface area contributed by atoms with Gasteiger partial charge in [-0.2, -0.15) is 0 Å². The number of amides is 2. The maximum Gasteiger partial charge on any atom is 0.271 e. The number of hydrogen-bond donors (Lipinski definition) is 8. The Morgan fingerprint density at radius 3 is 2.48 bits per heavy atom. The quantitative estimate of drug-likeness (QED) is 0.108. The Bertz CT molecular complexity index is 2020. The SMILES string of the molecule is CCc1nc(C(N)=O)c(Nc2ccc(N3CCC(N4CCN(CC(O)Nc5cccc6c5C(=O)N(C5CCC(O)NC5O)C6)CC4)CC3)c(OC)c2)nc1NC1CCOCC1. The molecule has 4 atom stereocenters. The lowest BCUT2D eigenvalue weighted by atomic mass is 10.0. The highest BCUT2D eigenvalue weighted by molar-refractivity contribution is 6.03. The Kier molecular flexibility index (Phi) is 13.4. The Hall–Kier alpha value is -4.82. The molecule has 4 saturated heterocycles. The lowest BCUT2D eigenvalue weighted by Crippen LogP contribution is -2.57. The maximum atomic E-state index is 13.6. The van der Waals surface area contributed by atoms with E-state index in [0.29, 0.717) is 91.6 Å². The van der Waals surface area contributed by atoms with Crippen molar-refractivity contribution in [2.45, 2.75) is 95.2 Å². The number of methoxy groups -OCH3 is 1. The third kappa shape index (κ3) is 9.65. The smallest absolute Gasteiger partial charge is 0.271 e. The minimum absolute atomic E-state index is 0.0897. The molecule has 0 spiro atoms. The number of nitrogens with two attached hydrogens (primary N) is 1. The van der Waals surface area contributed by atoms with Crippen molar-refractivity contribution in [2.75, 3.05) is 87.0 Å². The average Bonchev–Trinajstić information content (AvgIpc) is 3.60. The molecule has 18 nitrogen and oxygen atoms in total. The molecule has 61 heavy (non-hydrogen) atoms. The number of β-amino-alcohol motifs (C(OH)–C–C–N with tert-alkyl or cyclic N) is 1. The van der Waals surface area contributed by atoms with Crippen molar-refractivity contribution in [1.29, 1.82) is 0 Å². The van der Waals surface area contributed by atoms with Crippen LogP contribution in [0.5, 0.6) is 5.75 Å². The van der Waals surface area contributed by atoms with Crippen LogP contribution in [-0.4, -0.2) is 155 Å². The van der Waals surface area contributed by atoms with E-state index in [9.17, 15) is 24.9 Å². The molecular formula is C43H61N11O7. The van der Waals surface area contributed by atoms with Gasteiger partial charge in [0, 0.05) is 95.1 Å². The number of anilines is 5. The number of carbonyl (C=O) groups excluding carboxylic acids is 2. The van der Waals surface area contributed by atoms with Crippen molar-refractivity contribution in [2.24, 2.45) is 5.73 Å². The number of nitrogens with one attached hydrogen (secondary N) is 4. The number of rotatable bonds is 14. The molecule has 8 rings (SSSR count). The normalized spacial score (nSPS) is 23.8. The van der Waals surface area contributed by atoms with Gasteiger partial charge in [0.1, 0.15) is 24.4 Å². The predicted octanol–water partition coefficient (Wildman–Crippen LogP) is 1.84. The highest BCUT2D eigenvalue weighted by Crippen LogP contribution is 2.36. The van der Waals surface area contributed by atoms with Gasteiger partial charge in [-0.3, -0.25) is 24.7 Å². The minimum atomic E-state index is -1.01. The number of benzene rings is 2. The van der Waals surface area contributed by atoms with Crippen molar-refractivity contribution in [3.63, 3.8) is 0 Å². The number of aliphatic hydroxyl groups excluding tert-OH is 3. The van der Waals surface area contributed by atoms with Gasteiger partial charge < -0.3 is 56.3 Å². The summed E-state index contributed by atoms with van der Waals surface area (Å²) in [6, 6.07) is 11.8. The fourth-order valence-corrected chi connectivity index (χ4v) is 9.51. The zero-order chi connectivity index (χ0) is 42.6. The second kappa shape index (κ2) is 19.1. The summed E-state index contributed by atoms with van der Waals surface area (Å²) in [5, 5.41) is 44.3. The zero-order valence-electron chi connectivity index (χ0n) is 35.2. The van der Waals surface area contributed by atoms with Crippen LogP contribution in [0.2, 0.25) is 0 Å². The minimum Gasteiger partial charge on any atom is -0.495 e. The standard InChI is InChI=1S/C43H61N11O7/c1-3-30-40(45-27-13-21-61-22-14-27)50-41(38(48-30)39(44)57)46-28-7-8-32(34(23-28)60-2)53-15-11-29(12-16-53)52-19-17-51(18-20-52)25-36(56)47-31-6-4-5-26-24-54(43(59)37(26)31)33-9-10-35(55)49-42(33)58/h4-8,23,27,29,33,35-36,42,47,49,55-56,58H,3,9-22,24-25H2,1-2H3,(H2,44,57)(H2,45,46,50). The molecule has 0 radical (unpaired) electrons. The van der Waals surface area contributed by atoms with Crippen LogP contribution in [0.25, 0.3) is 0 Å². The molecule has 5 aliphatic heterocycles. The Labute approximate surface area is 356 Å². The largest absolute Gasteiger partial charge is 0.495 e. The number of ether oxygens (including phenoxy) is 2. The third-order valence-corrected chi connectivity index (χ3v) is 12.9. The fraction of sp³-hybridized carbons (Fsp3) is 0.581. The first-order chi connectivity index (χ1) is 29.6. The van der Waals surface area contributed by atoms with Gasteiger partial charge in [0.05, 0.1) is 30.1 Å². The summed E-state index contributed by atoms with van der Waals surface area (Å²) in [7, 11) is 1.66. The number of carbonyl (C=O) groups is 2. The van der Waals surface area contributed by atoms with Crippen molar-refractivity contribution < 1.29 is 34.4 Å². The molecular weight excluding hydrogens is 783 g/mol. The molecule has 0 saturated carbocycles. The molecule has 330 valence electrons. The summed E-state index contributed by atoms with van der Waals surface area (Å²) in [6.07, 6.45) is 2.64. The van der Waals surface area contributed by atoms with E-state index in [0.717, 1.165) is 76.2 Å². The summed E-state index contributed by atoms with van der Waals surface area (Å²) < 4.78 is 11.4. The van der Waals surface area contributed by atoms with Gasteiger partial charge in [0.2, 0.25) is 0 Å². The second-order valence-electron chi connectivity index (χ2n) is 16.7. The molecule has 9 N–H and O–H groups in total. The van der Waals surface area contributed by atoms with Crippen LogP contribution >= 0.6 is 0 Å². The molecule has 0 bridgehead atoms. The first kappa shape index (κ1) is 42.9. The molecule has 4 unspecified atom stereocenters. The van der Waals surface area contributed by atoms with Gasteiger partial charge in [-0.1, -0.05) is 19.1 Å². The first-order valence-electron chi connectivity index (χ1n) is 21.8. The van der Waals surface area contributed by atoms with Crippen molar-refractivity contribution in [3.05, 3.63) is 58.9 Å². The summed E-state index contributed by atoms with van der Waals surface area (Å²) in [4.78, 5) is 44.3.